The number of likely N-dealkylation sites (N-methyl/N-ethyl adjacent to an activating group) is 1. The summed E-state index contributed by atoms with van der Waals surface area (Å²) in [5.41, 5.74) is 1.45. The second-order valence-electron chi connectivity index (χ2n) is 6.29. The fraction of sp³-hybridized carbons (Fsp3) is 0.700. The molecular formula is C20H35N. The van der Waals surface area contributed by atoms with Gasteiger partial charge in [-0.3, -0.25) is 0 Å². The van der Waals surface area contributed by atoms with Crippen LogP contribution < -0.4 is 5.32 Å². The zero-order valence-electron chi connectivity index (χ0n) is 14.2. The van der Waals surface area contributed by atoms with Crippen LogP contribution in [0, 0.1) is 0 Å². The van der Waals surface area contributed by atoms with E-state index in [2.05, 4.69) is 49.6 Å². The topological polar surface area (TPSA) is 12.0 Å². The quantitative estimate of drug-likeness (QED) is 0.457. The van der Waals surface area contributed by atoms with Crippen LogP contribution in [0.4, 0.5) is 0 Å². The zero-order valence-corrected chi connectivity index (χ0v) is 14.2. The Kier molecular flexibility index (Phi) is 11.2. The highest BCUT2D eigenvalue weighted by Gasteiger charge is 2.06. The van der Waals surface area contributed by atoms with Gasteiger partial charge in [0.25, 0.3) is 0 Å². The SMILES string of the molecule is CCCCCCCCCCCC(Cc1ccccc1)NC. The molecule has 1 atom stereocenters. The van der Waals surface area contributed by atoms with Gasteiger partial charge in [-0.1, -0.05) is 95.0 Å². The molecule has 0 aliphatic heterocycles. The molecule has 1 unspecified atom stereocenters. The van der Waals surface area contributed by atoms with Crippen molar-refractivity contribution in [1.82, 2.24) is 5.32 Å². The number of benzene rings is 1. The summed E-state index contributed by atoms with van der Waals surface area (Å²) in [5, 5.41) is 3.48. The van der Waals surface area contributed by atoms with Gasteiger partial charge >= 0.3 is 0 Å². The molecule has 1 aromatic rings. The van der Waals surface area contributed by atoms with E-state index >= 15 is 0 Å². The van der Waals surface area contributed by atoms with Crippen molar-refractivity contribution in [2.75, 3.05) is 7.05 Å². The molecule has 0 bridgehead atoms. The van der Waals surface area contributed by atoms with Gasteiger partial charge < -0.3 is 5.32 Å². The number of hydrogen-bond acceptors (Lipinski definition) is 1. The molecule has 1 aromatic carbocycles. The molecule has 0 saturated heterocycles. The second-order valence-corrected chi connectivity index (χ2v) is 6.29. The van der Waals surface area contributed by atoms with E-state index in [1.165, 1.54) is 69.8 Å². The van der Waals surface area contributed by atoms with E-state index in [-0.39, 0.29) is 0 Å². The lowest BCUT2D eigenvalue weighted by molar-refractivity contribution is 0.477. The number of rotatable bonds is 13. The Morgan fingerprint density at radius 2 is 1.38 bits per heavy atom. The average molecular weight is 290 g/mol. The molecule has 21 heavy (non-hydrogen) atoms. The van der Waals surface area contributed by atoms with Gasteiger partial charge in [-0.25, -0.2) is 0 Å². The van der Waals surface area contributed by atoms with Crippen LogP contribution in [0.1, 0.15) is 76.7 Å². The Balaban J connectivity index is 2.00. The van der Waals surface area contributed by atoms with E-state index in [9.17, 15) is 0 Å². The van der Waals surface area contributed by atoms with Crippen LogP contribution in [0.3, 0.4) is 0 Å². The van der Waals surface area contributed by atoms with Crippen molar-refractivity contribution in [3.8, 4) is 0 Å². The maximum Gasteiger partial charge on any atom is 0.0104 e. The fourth-order valence-electron chi connectivity index (χ4n) is 2.95. The zero-order chi connectivity index (χ0) is 15.2. The highest BCUT2D eigenvalue weighted by Crippen LogP contribution is 2.13. The minimum absolute atomic E-state index is 0.636. The molecular weight excluding hydrogens is 254 g/mol. The van der Waals surface area contributed by atoms with Crippen molar-refractivity contribution in [3.63, 3.8) is 0 Å². The molecule has 0 fully saturated rings. The molecule has 0 aliphatic rings. The predicted molar refractivity (Wildman–Crippen MR) is 94.8 cm³/mol. The molecule has 0 radical (unpaired) electrons. The van der Waals surface area contributed by atoms with E-state index in [1.54, 1.807) is 0 Å². The molecule has 1 N–H and O–H groups in total. The smallest absolute Gasteiger partial charge is 0.0104 e. The van der Waals surface area contributed by atoms with Gasteiger partial charge in [0.1, 0.15) is 0 Å². The Labute approximate surface area is 132 Å². The molecule has 1 nitrogen and oxygen atoms in total. The monoisotopic (exact) mass is 289 g/mol. The van der Waals surface area contributed by atoms with Crippen molar-refractivity contribution < 1.29 is 0 Å². The van der Waals surface area contributed by atoms with Crippen LogP contribution in [-0.2, 0) is 6.42 Å². The molecule has 120 valence electrons. The van der Waals surface area contributed by atoms with E-state index in [0.29, 0.717) is 6.04 Å². The van der Waals surface area contributed by atoms with Crippen LogP contribution in [0.5, 0.6) is 0 Å². The standard InChI is InChI=1S/C20H35N/c1-3-4-5-6-7-8-9-10-14-17-20(21-2)18-19-15-12-11-13-16-19/h11-13,15-16,20-21H,3-10,14,17-18H2,1-2H3. The third kappa shape index (κ3) is 9.68. The minimum Gasteiger partial charge on any atom is -0.317 e. The van der Waals surface area contributed by atoms with Crippen molar-refractivity contribution in [2.45, 2.75) is 83.6 Å². The van der Waals surface area contributed by atoms with Crippen LogP contribution >= 0.6 is 0 Å². The van der Waals surface area contributed by atoms with Crippen molar-refractivity contribution >= 4 is 0 Å². The van der Waals surface area contributed by atoms with E-state index in [4.69, 9.17) is 0 Å². The first-order chi connectivity index (χ1) is 10.4. The summed E-state index contributed by atoms with van der Waals surface area (Å²) in [7, 11) is 2.10. The van der Waals surface area contributed by atoms with Crippen molar-refractivity contribution in [2.24, 2.45) is 0 Å². The van der Waals surface area contributed by atoms with Crippen molar-refractivity contribution in [1.29, 1.82) is 0 Å². The first kappa shape index (κ1) is 18.2. The number of hydrogen-bond donors (Lipinski definition) is 1. The van der Waals surface area contributed by atoms with E-state index in [1.807, 2.05) is 0 Å². The summed E-state index contributed by atoms with van der Waals surface area (Å²) in [4.78, 5) is 0. The predicted octanol–water partition coefficient (Wildman–Crippen LogP) is 5.74. The Morgan fingerprint density at radius 3 is 1.95 bits per heavy atom. The lowest BCUT2D eigenvalue weighted by Gasteiger charge is -2.16. The fourth-order valence-corrected chi connectivity index (χ4v) is 2.95. The van der Waals surface area contributed by atoms with E-state index < -0.39 is 0 Å². The van der Waals surface area contributed by atoms with Gasteiger partial charge in [0.15, 0.2) is 0 Å². The van der Waals surface area contributed by atoms with E-state index in [0.717, 1.165) is 6.42 Å². The summed E-state index contributed by atoms with van der Waals surface area (Å²) in [5.74, 6) is 0. The van der Waals surface area contributed by atoms with Gasteiger partial charge in [0.05, 0.1) is 0 Å². The Morgan fingerprint density at radius 1 is 0.810 bits per heavy atom. The lowest BCUT2D eigenvalue weighted by Crippen LogP contribution is -2.27. The minimum atomic E-state index is 0.636. The van der Waals surface area contributed by atoms with Gasteiger partial charge in [0, 0.05) is 6.04 Å². The third-order valence-electron chi connectivity index (χ3n) is 4.39. The maximum absolute atomic E-state index is 3.48. The molecule has 0 aliphatic carbocycles. The largest absolute Gasteiger partial charge is 0.317 e. The molecule has 0 saturated carbocycles. The average Bonchev–Trinajstić information content (AvgIpc) is 2.53. The molecule has 0 heterocycles. The van der Waals surface area contributed by atoms with Gasteiger partial charge in [-0.05, 0) is 25.5 Å². The summed E-state index contributed by atoms with van der Waals surface area (Å²) < 4.78 is 0. The van der Waals surface area contributed by atoms with Crippen LogP contribution in [-0.4, -0.2) is 13.1 Å². The second kappa shape index (κ2) is 12.9. The van der Waals surface area contributed by atoms with Crippen LogP contribution in [0.25, 0.3) is 0 Å². The normalized spacial score (nSPS) is 12.5. The molecule has 0 spiro atoms. The Bertz CT molecular complexity index is 320. The van der Waals surface area contributed by atoms with Gasteiger partial charge in [-0.2, -0.15) is 0 Å². The highest BCUT2D eigenvalue weighted by atomic mass is 14.9. The number of unbranched alkanes of at least 4 members (excludes halogenated alkanes) is 8. The summed E-state index contributed by atoms with van der Waals surface area (Å²) >= 11 is 0. The van der Waals surface area contributed by atoms with Crippen LogP contribution in [0.2, 0.25) is 0 Å². The maximum atomic E-state index is 3.48. The van der Waals surface area contributed by atoms with Crippen molar-refractivity contribution in [3.05, 3.63) is 35.9 Å². The number of nitrogens with one attached hydrogen (secondary N) is 1. The lowest BCUT2D eigenvalue weighted by atomic mass is 9.99. The third-order valence-corrected chi connectivity index (χ3v) is 4.39. The summed E-state index contributed by atoms with van der Waals surface area (Å²) in [6.07, 6.45) is 15.2. The molecule has 1 heteroatoms. The molecule has 1 rings (SSSR count). The Hall–Kier alpha value is -0.820. The first-order valence-electron chi connectivity index (χ1n) is 9.08. The summed E-state index contributed by atoms with van der Waals surface area (Å²) in [6.45, 7) is 2.29. The van der Waals surface area contributed by atoms with Gasteiger partial charge in [0.2, 0.25) is 0 Å². The molecule has 0 aromatic heterocycles. The highest BCUT2D eigenvalue weighted by molar-refractivity contribution is 5.15. The summed E-state index contributed by atoms with van der Waals surface area (Å²) in [6, 6.07) is 11.5. The molecule has 0 amide bonds. The van der Waals surface area contributed by atoms with Gasteiger partial charge in [-0.15, -0.1) is 0 Å². The van der Waals surface area contributed by atoms with Crippen LogP contribution in [0.15, 0.2) is 30.3 Å². The first-order valence-corrected chi connectivity index (χ1v) is 9.08.